The van der Waals surface area contributed by atoms with Gasteiger partial charge in [0.1, 0.15) is 0 Å². The van der Waals surface area contributed by atoms with Gasteiger partial charge in [0.25, 0.3) is 11.1 Å². The average molecular weight is 488 g/mol. The van der Waals surface area contributed by atoms with Crippen LogP contribution in [0.4, 0.5) is 10.5 Å². The normalized spacial score (nSPS) is 15.6. The lowest BCUT2D eigenvalue weighted by atomic mass is 10.2. The third kappa shape index (κ3) is 3.80. The first-order chi connectivity index (χ1) is 13.8. The first-order valence-electron chi connectivity index (χ1n) is 8.83. The number of rotatable bonds is 3. The summed E-state index contributed by atoms with van der Waals surface area (Å²) in [6.07, 6.45) is 1.78. The summed E-state index contributed by atoms with van der Waals surface area (Å²) in [6, 6.07) is 16.8. The van der Waals surface area contributed by atoms with Gasteiger partial charge < -0.3 is 4.57 Å². The second kappa shape index (κ2) is 7.86. The molecule has 0 spiro atoms. The Balaban J connectivity index is 1.70. The molecule has 1 saturated heterocycles. The highest BCUT2D eigenvalue weighted by atomic mass is 79.9. The summed E-state index contributed by atoms with van der Waals surface area (Å²) in [4.78, 5) is 26.9. The van der Waals surface area contributed by atoms with Crippen molar-refractivity contribution in [2.45, 2.75) is 13.8 Å². The van der Waals surface area contributed by atoms with Gasteiger partial charge in [0.05, 0.1) is 10.6 Å². The topological polar surface area (TPSA) is 42.3 Å². The Hall–Kier alpha value is -2.28. The van der Waals surface area contributed by atoms with E-state index in [2.05, 4.69) is 20.5 Å². The Morgan fingerprint density at radius 3 is 2.41 bits per heavy atom. The number of aromatic nitrogens is 1. The standard InChI is InChI=1S/C22H16BrClN2O2S/c1-13-10-15(14(2)25(13)18-8-6-16(23)7-9-18)11-20-21(27)26(22(28)29-20)19-5-3-4-17(24)12-19/h3-12H,1-2H3/b20-11-. The molecule has 0 aliphatic carbocycles. The summed E-state index contributed by atoms with van der Waals surface area (Å²) in [6.45, 7) is 4.02. The summed E-state index contributed by atoms with van der Waals surface area (Å²) < 4.78 is 3.14. The second-order valence-corrected chi connectivity index (χ2v) is 8.98. The lowest BCUT2D eigenvalue weighted by molar-refractivity contribution is -0.113. The molecular weight excluding hydrogens is 472 g/mol. The summed E-state index contributed by atoms with van der Waals surface area (Å²) in [7, 11) is 0. The molecule has 1 fully saturated rings. The molecule has 1 aromatic heterocycles. The number of hydrogen-bond acceptors (Lipinski definition) is 3. The predicted octanol–water partition coefficient (Wildman–Crippen LogP) is 6.75. The minimum absolute atomic E-state index is 0.328. The van der Waals surface area contributed by atoms with Gasteiger partial charge in [-0.2, -0.15) is 0 Å². The highest BCUT2D eigenvalue weighted by Gasteiger charge is 2.36. The summed E-state index contributed by atoms with van der Waals surface area (Å²) in [5, 5.41) is 0.147. The van der Waals surface area contributed by atoms with Crippen LogP contribution in [-0.4, -0.2) is 15.7 Å². The molecule has 146 valence electrons. The molecule has 1 aliphatic heterocycles. The largest absolute Gasteiger partial charge is 0.318 e. The highest BCUT2D eigenvalue weighted by Crippen LogP contribution is 2.37. The second-order valence-electron chi connectivity index (χ2n) is 6.64. The van der Waals surface area contributed by atoms with Crippen LogP contribution in [0.1, 0.15) is 17.0 Å². The Morgan fingerprint density at radius 2 is 1.72 bits per heavy atom. The molecule has 2 heterocycles. The van der Waals surface area contributed by atoms with Gasteiger partial charge in [-0.15, -0.1) is 0 Å². The van der Waals surface area contributed by atoms with Crippen LogP contribution < -0.4 is 4.90 Å². The van der Waals surface area contributed by atoms with Crippen molar-refractivity contribution in [3.63, 3.8) is 0 Å². The Labute approximate surface area is 186 Å². The molecule has 0 bridgehead atoms. The first kappa shape index (κ1) is 20.0. The van der Waals surface area contributed by atoms with E-state index in [-0.39, 0.29) is 11.1 Å². The Bertz CT molecular complexity index is 1170. The van der Waals surface area contributed by atoms with Gasteiger partial charge in [0.15, 0.2) is 0 Å². The van der Waals surface area contributed by atoms with Crippen LogP contribution in [0.5, 0.6) is 0 Å². The molecule has 0 saturated carbocycles. The number of carbonyl (C=O) groups is 2. The number of hydrogen-bond donors (Lipinski definition) is 0. The summed E-state index contributed by atoms with van der Waals surface area (Å²) in [5.74, 6) is -0.337. The van der Waals surface area contributed by atoms with E-state index in [4.69, 9.17) is 11.6 Å². The maximum Gasteiger partial charge on any atom is 0.298 e. The summed E-state index contributed by atoms with van der Waals surface area (Å²) >= 11 is 10.4. The van der Waals surface area contributed by atoms with Gasteiger partial charge in [-0.05, 0) is 85.8 Å². The fraction of sp³-hybridized carbons (Fsp3) is 0.0909. The van der Waals surface area contributed by atoms with E-state index >= 15 is 0 Å². The van der Waals surface area contributed by atoms with Crippen molar-refractivity contribution in [1.82, 2.24) is 4.57 Å². The van der Waals surface area contributed by atoms with Crippen LogP contribution in [0, 0.1) is 13.8 Å². The number of imide groups is 1. The van der Waals surface area contributed by atoms with Crippen LogP contribution in [0.2, 0.25) is 5.02 Å². The molecule has 1 aliphatic rings. The fourth-order valence-electron chi connectivity index (χ4n) is 3.37. The Morgan fingerprint density at radius 1 is 1.00 bits per heavy atom. The van der Waals surface area contributed by atoms with E-state index in [0.29, 0.717) is 15.6 Å². The molecule has 0 atom stereocenters. The number of halogens is 2. The third-order valence-electron chi connectivity index (χ3n) is 4.70. The highest BCUT2D eigenvalue weighted by molar-refractivity contribution is 9.10. The van der Waals surface area contributed by atoms with E-state index in [9.17, 15) is 9.59 Å². The van der Waals surface area contributed by atoms with Crippen molar-refractivity contribution in [3.8, 4) is 5.69 Å². The molecule has 4 rings (SSSR count). The van der Waals surface area contributed by atoms with Gasteiger partial charge in [-0.1, -0.05) is 33.6 Å². The molecular formula is C22H16BrClN2O2S. The van der Waals surface area contributed by atoms with Crippen molar-refractivity contribution in [3.05, 3.63) is 85.9 Å². The van der Waals surface area contributed by atoms with Crippen molar-refractivity contribution < 1.29 is 9.59 Å². The van der Waals surface area contributed by atoms with E-state index in [0.717, 1.165) is 43.8 Å². The number of benzene rings is 2. The molecule has 2 amide bonds. The van der Waals surface area contributed by atoms with Crippen LogP contribution >= 0.6 is 39.3 Å². The quantitative estimate of drug-likeness (QED) is 0.384. The van der Waals surface area contributed by atoms with Crippen LogP contribution in [0.3, 0.4) is 0 Å². The molecule has 0 unspecified atom stereocenters. The van der Waals surface area contributed by atoms with E-state index in [1.54, 1.807) is 30.3 Å². The predicted molar refractivity (Wildman–Crippen MR) is 123 cm³/mol. The van der Waals surface area contributed by atoms with E-state index < -0.39 is 0 Å². The molecule has 2 aromatic carbocycles. The van der Waals surface area contributed by atoms with Crippen LogP contribution in [-0.2, 0) is 4.79 Å². The maximum atomic E-state index is 12.9. The van der Waals surface area contributed by atoms with Gasteiger partial charge in [0, 0.05) is 26.6 Å². The monoisotopic (exact) mass is 486 g/mol. The maximum absolute atomic E-state index is 12.9. The molecule has 3 aromatic rings. The smallest absolute Gasteiger partial charge is 0.298 e. The zero-order chi connectivity index (χ0) is 20.7. The lowest BCUT2D eigenvalue weighted by Crippen LogP contribution is -2.27. The molecule has 7 heteroatoms. The van der Waals surface area contributed by atoms with Gasteiger partial charge in [0.2, 0.25) is 0 Å². The number of anilines is 1. The number of aryl methyl sites for hydroxylation is 1. The third-order valence-corrected chi connectivity index (χ3v) is 6.34. The van der Waals surface area contributed by atoms with Crippen molar-refractivity contribution in [2.24, 2.45) is 0 Å². The number of thioether (sulfide) groups is 1. The van der Waals surface area contributed by atoms with Gasteiger partial charge in [-0.25, -0.2) is 4.90 Å². The number of amides is 2. The van der Waals surface area contributed by atoms with E-state index in [1.807, 2.05) is 44.2 Å². The van der Waals surface area contributed by atoms with Crippen LogP contribution in [0.25, 0.3) is 11.8 Å². The summed E-state index contributed by atoms with van der Waals surface area (Å²) in [5.41, 5.74) is 4.46. The first-order valence-corrected chi connectivity index (χ1v) is 10.8. The fourth-order valence-corrected chi connectivity index (χ4v) is 4.65. The molecule has 0 radical (unpaired) electrons. The molecule has 29 heavy (non-hydrogen) atoms. The van der Waals surface area contributed by atoms with Crippen molar-refractivity contribution in [2.75, 3.05) is 4.90 Å². The number of nitrogens with zero attached hydrogens (tertiary/aromatic N) is 2. The number of carbonyl (C=O) groups excluding carboxylic acids is 2. The van der Waals surface area contributed by atoms with Gasteiger partial charge in [-0.3, -0.25) is 9.59 Å². The lowest BCUT2D eigenvalue weighted by Gasteiger charge is -2.12. The molecule has 4 nitrogen and oxygen atoms in total. The SMILES string of the molecule is Cc1cc(/C=C2\SC(=O)N(c3cccc(Cl)c3)C2=O)c(C)n1-c1ccc(Br)cc1. The van der Waals surface area contributed by atoms with Crippen molar-refractivity contribution >= 4 is 62.2 Å². The van der Waals surface area contributed by atoms with E-state index in [1.165, 1.54) is 0 Å². The minimum atomic E-state index is -0.337. The van der Waals surface area contributed by atoms with Crippen LogP contribution in [0.15, 0.2) is 64.0 Å². The average Bonchev–Trinajstić information content (AvgIpc) is 3.11. The van der Waals surface area contributed by atoms with Gasteiger partial charge >= 0.3 is 0 Å². The Kier molecular flexibility index (Phi) is 5.42. The zero-order valence-electron chi connectivity index (χ0n) is 15.6. The minimum Gasteiger partial charge on any atom is -0.318 e. The van der Waals surface area contributed by atoms with Crippen molar-refractivity contribution in [1.29, 1.82) is 0 Å². The molecule has 0 N–H and O–H groups in total. The zero-order valence-corrected chi connectivity index (χ0v) is 18.8.